The van der Waals surface area contributed by atoms with E-state index in [0.717, 1.165) is 6.42 Å². The number of hydrogen-bond donors (Lipinski definition) is 0. The van der Waals surface area contributed by atoms with Crippen molar-refractivity contribution in [1.29, 1.82) is 0 Å². The molecule has 1 aliphatic rings. The van der Waals surface area contributed by atoms with Crippen molar-refractivity contribution in [3.05, 3.63) is 19.6 Å². The summed E-state index contributed by atoms with van der Waals surface area (Å²) >= 11 is 0. The summed E-state index contributed by atoms with van der Waals surface area (Å²) in [7, 11) is -2.98. The monoisotopic (exact) mass is 574 g/mol. The predicted molar refractivity (Wildman–Crippen MR) is 65.7 cm³/mol. The van der Waals surface area contributed by atoms with Gasteiger partial charge in [-0.3, -0.25) is 0 Å². The van der Waals surface area contributed by atoms with Crippen LogP contribution >= 0.6 is 7.94 Å². The van der Waals surface area contributed by atoms with E-state index < -0.39 is 7.94 Å². The maximum absolute atomic E-state index is 12.5. The van der Waals surface area contributed by atoms with Gasteiger partial charge in [0.15, 0.2) is 0 Å². The molecule has 0 saturated carbocycles. The first-order valence-corrected chi connectivity index (χ1v) is 7.22. The Kier molecular flexibility index (Phi) is 10.9. The van der Waals surface area contributed by atoms with Crippen LogP contribution in [-0.4, -0.2) is 18.9 Å². The molecular formula is C12H22HgIO3P. The molecule has 3 nitrogen and oxygen atoms in total. The van der Waals surface area contributed by atoms with Crippen LogP contribution in [0.5, 0.6) is 0 Å². The van der Waals surface area contributed by atoms with Crippen LogP contribution in [-0.2, 0) is 36.7 Å². The van der Waals surface area contributed by atoms with Gasteiger partial charge in [0, 0.05) is 5.92 Å². The van der Waals surface area contributed by atoms with E-state index in [1.165, 1.54) is 0 Å². The summed E-state index contributed by atoms with van der Waals surface area (Å²) in [5.74, 6) is 0.0508. The molecule has 0 aromatic carbocycles. The van der Waals surface area contributed by atoms with Crippen LogP contribution in [0, 0.1) is 18.3 Å². The molecule has 102 valence electrons. The predicted octanol–water partition coefficient (Wildman–Crippen LogP) is -0.401. The Balaban J connectivity index is 0. The molecule has 0 aromatic rings. The summed E-state index contributed by atoms with van der Waals surface area (Å²) in [5.41, 5.74) is 0.00839. The maximum Gasteiger partial charge on any atom is 1.00 e. The Labute approximate surface area is 149 Å². The van der Waals surface area contributed by atoms with Crippen LogP contribution < -0.4 is 28.9 Å². The molecule has 0 amide bonds. The Morgan fingerprint density at radius 1 is 1.50 bits per heavy atom. The molecule has 0 spiro atoms. The zero-order valence-electron chi connectivity index (χ0n) is 11.5. The van der Waals surface area contributed by atoms with Crippen molar-refractivity contribution in [1.82, 2.24) is 0 Å². The van der Waals surface area contributed by atoms with Gasteiger partial charge in [-0.1, -0.05) is 26.8 Å². The van der Waals surface area contributed by atoms with Crippen LogP contribution in [0.3, 0.4) is 0 Å². The molecule has 1 fully saturated rings. The van der Waals surface area contributed by atoms with E-state index in [2.05, 4.69) is 34.3 Å². The van der Waals surface area contributed by atoms with Crippen LogP contribution in [0.1, 0.15) is 27.2 Å². The van der Waals surface area contributed by atoms with Crippen LogP contribution in [0.2, 0.25) is 0 Å². The van der Waals surface area contributed by atoms with E-state index in [1.54, 1.807) is 6.08 Å². The van der Waals surface area contributed by atoms with Crippen molar-refractivity contribution < 1.29 is 65.6 Å². The first kappa shape index (κ1) is 22.0. The molecule has 0 N–H and O–H groups in total. The fraction of sp³-hybridized carbons (Fsp3) is 0.750. The van der Waals surface area contributed by atoms with Gasteiger partial charge < -0.3 is 28.9 Å². The molecule has 1 heterocycles. The van der Waals surface area contributed by atoms with E-state index in [4.69, 9.17) is 9.05 Å². The third-order valence-corrected chi connectivity index (χ3v) is 5.05. The van der Waals surface area contributed by atoms with Crippen molar-refractivity contribution in [3.63, 3.8) is 0 Å². The van der Waals surface area contributed by atoms with Gasteiger partial charge in [0.25, 0.3) is 0 Å². The second-order valence-electron chi connectivity index (χ2n) is 5.51. The minimum Gasteiger partial charge on any atom is -1.00 e. The third-order valence-electron chi connectivity index (χ3n) is 2.61. The normalized spacial score (nSPS) is 31.4. The minimum absolute atomic E-state index is 0. The summed E-state index contributed by atoms with van der Waals surface area (Å²) in [5, 5.41) is 0. The molecule has 3 atom stereocenters. The van der Waals surface area contributed by atoms with E-state index in [-0.39, 0.29) is 75.2 Å². The summed E-state index contributed by atoms with van der Waals surface area (Å²) in [4.78, 5) is 12.5. The van der Waals surface area contributed by atoms with E-state index >= 15 is 0 Å². The smallest absolute Gasteiger partial charge is 1.00 e. The molecule has 0 aliphatic carbocycles. The molecule has 0 aromatic heterocycles. The maximum atomic E-state index is 12.5. The first-order valence-electron chi connectivity index (χ1n) is 5.61. The van der Waals surface area contributed by atoms with Crippen molar-refractivity contribution in [2.75, 3.05) is 13.2 Å². The molecule has 0 bridgehead atoms. The molecule has 3 unspecified atom stereocenters. The summed E-state index contributed by atoms with van der Waals surface area (Å²) in [6.07, 6.45) is 2.39. The zero-order chi connectivity index (χ0) is 12.4. The molecular weight excluding hydrogens is 551 g/mol. The van der Waals surface area contributed by atoms with Crippen LogP contribution in [0.25, 0.3) is 0 Å². The average molecular weight is 573 g/mol. The standard InChI is InChI=1S/C12H22O3P.Hg.HI/c1-6-7-14-16(13)11(8-12(3,4)5)10(2)9-15-16;;/h6,10-11H,1-2,7-9H2,3-5H3;;1H/q;+1;/p-1. The molecule has 1 rings (SSSR count). The van der Waals surface area contributed by atoms with Gasteiger partial charge in [0.2, 0.25) is 7.94 Å². The number of halogens is 1. The van der Waals surface area contributed by atoms with E-state index in [9.17, 15) is 4.89 Å². The second-order valence-corrected chi connectivity index (χ2v) is 7.77. The SMILES string of the molecule is [CH2]C1CO[P+]([O-])(OCC=C)C1CC(C)(C)C.[Hg+].[I-]. The van der Waals surface area contributed by atoms with Gasteiger partial charge in [-0.15, -0.1) is 6.58 Å². The van der Waals surface area contributed by atoms with Crippen molar-refractivity contribution in [2.45, 2.75) is 32.9 Å². The van der Waals surface area contributed by atoms with Crippen molar-refractivity contribution in [2.24, 2.45) is 11.3 Å². The van der Waals surface area contributed by atoms with Crippen LogP contribution in [0.4, 0.5) is 0 Å². The Bertz CT molecular complexity index is 260. The van der Waals surface area contributed by atoms with E-state index in [1.807, 2.05) is 0 Å². The van der Waals surface area contributed by atoms with Gasteiger partial charge in [-0.25, -0.2) is 9.05 Å². The number of rotatable bonds is 4. The Morgan fingerprint density at radius 2 is 2.06 bits per heavy atom. The van der Waals surface area contributed by atoms with Gasteiger partial charge in [0.05, 0.1) is 0 Å². The fourth-order valence-electron chi connectivity index (χ4n) is 1.86. The molecule has 6 heteroatoms. The zero-order valence-corrected chi connectivity index (χ0v) is 20.1. The third kappa shape index (κ3) is 6.44. The molecule has 2 radical (unpaired) electrons. The molecule has 18 heavy (non-hydrogen) atoms. The van der Waals surface area contributed by atoms with Crippen molar-refractivity contribution in [3.8, 4) is 0 Å². The average Bonchev–Trinajstić information content (AvgIpc) is 2.42. The number of hydrogen-bond acceptors (Lipinski definition) is 3. The quantitative estimate of drug-likeness (QED) is 0.199. The summed E-state index contributed by atoms with van der Waals surface area (Å²) in [6, 6.07) is 0. The summed E-state index contributed by atoms with van der Waals surface area (Å²) < 4.78 is 10.7. The van der Waals surface area contributed by atoms with Gasteiger partial charge in [0.1, 0.15) is 18.9 Å². The van der Waals surface area contributed by atoms with Crippen LogP contribution in [0.15, 0.2) is 12.7 Å². The Hall–Kier alpha value is 1.72. The Morgan fingerprint density at radius 3 is 2.50 bits per heavy atom. The minimum atomic E-state index is -2.98. The van der Waals surface area contributed by atoms with Gasteiger partial charge >= 0.3 is 27.7 Å². The van der Waals surface area contributed by atoms with Gasteiger partial charge in [-0.2, -0.15) is 0 Å². The second kappa shape index (κ2) is 8.88. The van der Waals surface area contributed by atoms with Gasteiger partial charge in [-0.05, 0) is 18.8 Å². The fourth-order valence-corrected chi connectivity index (χ4v) is 4.40. The first-order chi connectivity index (χ1) is 7.28. The largest absolute Gasteiger partial charge is 1.00 e. The van der Waals surface area contributed by atoms with Crippen molar-refractivity contribution >= 4 is 7.94 Å². The summed E-state index contributed by atoms with van der Waals surface area (Å²) in [6.45, 7) is 14.6. The van der Waals surface area contributed by atoms with E-state index in [0.29, 0.717) is 6.61 Å². The molecule has 1 aliphatic heterocycles. The molecule has 1 saturated heterocycles. The topological polar surface area (TPSA) is 41.5 Å².